The average molecular weight is 235 g/mol. The van der Waals surface area contributed by atoms with E-state index in [1.807, 2.05) is 13.1 Å². The molecular weight excluding hydrogens is 210 g/mol. The van der Waals surface area contributed by atoms with Crippen LogP contribution in [0.5, 0.6) is 0 Å². The van der Waals surface area contributed by atoms with Crippen molar-refractivity contribution in [3.63, 3.8) is 0 Å². The fourth-order valence-electron chi connectivity index (χ4n) is 1.94. The molecule has 0 fully saturated rings. The van der Waals surface area contributed by atoms with Crippen LogP contribution < -0.4 is 10.6 Å². The Labute approximate surface area is 105 Å². The van der Waals surface area contributed by atoms with Gasteiger partial charge in [-0.2, -0.15) is 0 Å². The number of pyridine rings is 1. The van der Waals surface area contributed by atoms with Crippen LogP contribution in [0.25, 0.3) is 0 Å². The van der Waals surface area contributed by atoms with Gasteiger partial charge in [0.2, 0.25) is 0 Å². The molecule has 17 heavy (non-hydrogen) atoms. The maximum atomic E-state index is 5.81. The van der Waals surface area contributed by atoms with Crippen LogP contribution in [0.2, 0.25) is 0 Å². The smallest absolute Gasteiger partial charge is 0.128 e. The van der Waals surface area contributed by atoms with Crippen molar-refractivity contribution >= 4 is 5.82 Å². The lowest BCUT2D eigenvalue weighted by Gasteiger charge is -2.27. The molecule has 0 bridgehead atoms. The molecule has 0 spiro atoms. The molecule has 0 aromatic carbocycles. The molecule has 1 heterocycles. The predicted molar refractivity (Wildman–Crippen MR) is 74.2 cm³/mol. The van der Waals surface area contributed by atoms with Gasteiger partial charge in [0.15, 0.2) is 0 Å². The van der Waals surface area contributed by atoms with Crippen LogP contribution in [0, 0.1) is 5.92 Å². The zero-order valence-corrected chi connectivity index (χ0v) is 11.6. The molecular formula is C14H25N3. The van der Waals surface area contributed by atoms with Crippen LogP contribution in [-0.2, 0) is 0 Å². The van der Waals surface area contributed by atoms with Crippen LogP contribution in [-0.4, -0.2) is 18.1 Å². The lowest BCUT2D eigenvalue weighted by atomic mass is 10.0. The number of rotatable bonds is 5. The summed E-state index contributed by atoms with van der Waals surface area (Å²) in [5.74, 6) is 1.72. The van der Waals surface area contributed by atoms with Crippen molar-refractivity contribution in [1.82, 2.24) is 4.98 Å². The van der Waals surface area contributed by atoms with Crippen molar-refractivity contribution in [2.75, 3.05) is 11.9 Å². The highest BCUT2D eigenvalue weighted by atomic mass is 15.2. The van der Waals surface area contributed by atoms with E-state index < -0.39 is 0 Å². The van der Waals surface area contributed by atoms with Gasteiger partial charge in [-0.1, -0.05) is 19.9 Å². The third kappa shape index (κ3) is 4.00. The van der Waals surface area contributed by atoms with Gasteiger partial charge in [0.25, 0.3) is 0 Å². The molecule has 2 N–H and O–H groups in total. The van der Waals surface area contributed by atoms with Gasteiger partial charge in [0.1, 0.15) is 5.82 Å². The number of nitrogens with two attached hydrogens (primary N) is 1. The number of hydrogen-bond donors (Lipinski definition) is 1. The molecule has 0 saturated carbocycles. The Bertz CT molecular complexity index is 330. The summed E-state index contributed by atoms with van der Waals surface area (Å²) in [4.78, 5) is 6.70. The highest BCUT2D eigenvalue weighted by molar-refractivity contribution is 5.39. The lowest BCUT2D eigenvalue weighted by molar-refractivity contribution is 0.502. The normalized spacial score (nSPS) is 14.8. The summed E-state index contributed by atoms with van der Waals surface area (Å²) in [6.45, 7) is 8.71. The van der Waals surface area contributed by atoms with E-state index >= 15 is 0 Å². The zero-order valence-electron chi connectivity index (χ0n) is 11.6. The Hall–Kier alpha value is -1.09. The van der Waals surface area contributed by atoms with Crippen LogP contribution in [0.1, 0.15) is 45.7 Å². The molecule has 0 amide bonds. The van der Waals surface area contributed by atoms with E-state index in [0.29, 0.717) is 12.0 Å². The van der Waals surface area contributed by atoms with Crippen LogP contribution >= 0.6 is 0 Å². The summed E-state index contributed by atoms with van der Waals surface area (Å²) in [5, 5.41) is 0. The fourth-order valence-corrected chi connectivity index (χ4v) is 1.94. The number of aromatic nitrogens is 1. The number of nitrogens with zero attached hydrogens (tertiary/aromatic N) is 2. The van der Waals surface area contributed by atoms with Gasteiger partial charge in [-0.15, -0.1) is 0 Å². The first-order chi connectivity index (χ1) is 7.91. The third-order valence-corrected chi connectivity index (χ3v) is 3.13. The topological polar surface area (TPSA) is 42.1 Å². The Kier molecular flexibility index (Phi) is 4.94. The van der Waals surface area contributed by atoms with Gasteiger partial charge in [0, 0.05) is 25.3 Å². The Morgan fingerprint density at radius 1 is 1.24 bits per heavy atom. The van der Waals surface area contributed by atoms with Gasteiger partial charge in [0.05, 0.1) is 0 Å². The second-order valence-corrected chi connectivity index (χ2v) is 5.33. The summed E-state index contributed by atoms with van der Waals surface area (Å²) < 4.78 is 0. The summed E-state index contributed by atoms with van der Waals surface area (Å²) >= 11 is 0. The minimum atomic E-state index is 0.0509. The highest BCUT2D eigenvalue weighted by Gasteiger charge is 2.12. The predicted octanol–water partition coefficient (Wildman–Crippen LogP) is 2.97. The van der Waals surface area contributed by atoms with Gasteiger partial charge >= 0.3 is 0 Å². The summed E-state index contributed by atoms with van der Waals surface area (Å²) in [6, 6.07) is 4.67. The number of anilines is 1. The van der Waals surface area contributed by atoms with Crippen molar-refractivity contribution in [2.24, 2.45) is 11.7 Å². The molecule has 0 aliphatic carbocycles. The highest BCUT2D eigenvalue weighted by Crippen LogP contribution is 2.18. The maximum Gasteiger partial charge on any atom is 0.128 e. The van der Waals surface area contributed by atoms with Crippen molar-refractivity contribution < 1.29 is 0 Å². The average Bonchev–Trinajstić information content (AvgIpc) is 2.27. The quantitative estimate of drug-likeness (QED) is 0.853. The first-order valence-electron chi connectivity index (χ1n) is 6.36. The van der Waals surface area contributed by atoms with Crippen molar-refractivity contribution in [1.29, 1.82) is 0 Å². The van der Waals surface area contributed by atoms with Crippen molar-refractivity contribution in [2.45, 2.75) is 46.2 Å². The zero-order chi connectivity index (χ0) is 13.0. The first kappa shape index (κ1) is 14.0. The molecule has 0 aliphatic rings. The van der Waals surface area contributed by atoms with Crippen molar-refractivity contribution in [3.8, 4) is 0 Å². The summed E-state index contributed by atoms with van der Waals surface area (Å²) in [5.41, 5.74) is 6.89. The molecule has 3 nitrogen and oxygen atoms in total. The summed E-state index contributed by atoms with van der Waals surface area (Å²) in [6.07, 6.45) is 3.05. The van der Waals surface area contributed by atoms with Gasteiger partial charge in [-0.05, 0) is 37.8 Å². The molecule has 1 aromatic heterocycles. The van der Waals surface area contributed by atoms with Gasteiger partial charge in [-0.3, -0.25) is 0 Å². The molecule has 0 saturated heterocycles. The molecule has 0 radical (unpaired) electrons. The third-order valence-electron chi connectivity index (χ3n) is 3.13. The minimum Gasteiger partial charge on any atom is -0.357 e. The first-order valence-corrected chi connectivity index (χ1v) is 6.36. The van der Waals surface area contributed by atoms with E-state index in [-0.39, 0.29) is 6.04 Å². The SMILES string of the molecule is CC(C)CC(C)N(C)c1ccc([C@@H](C)N)cn1. The molecule has 0 aliphatic heterocycles. The monoisotopic (exact) mass is 235 g/mol. The number of hydrogen-bond acceptors (Lipinski definition) is 3. The fraction of sp³-hybridized carbons (Fsp3) is 0.643. The summed E-state index contributed by atoms with van der Waals surface area (Å²) in [7, 11) is 2.10. The molecule has 96 valence electrons. The minimum absolute atomic E-state index is 0.0509. The van der Waals surface area contributed by atoms with Crippen LogP contribution in [0.15, 0.2) is 18.3 Å². The van der Waals surface area contributed by atoms with E-state index in [1.54, 1.807) is 0 Å². The van der Waals surface area contributed by atoms with Crippen molar-refractivity contribution in [3.05, 3.63) is 23.9 Å². The molecule has 2 atom stereocenters. The lowest BCUT2D eigenvalue weighted by Crippen LogP contribution is -2.30. The maximum absolute atomic E-state index is 5.81. The molecule has 1 rings (SSSR count). The largest absolute Gasteiger partial charge is 0.357 e. The van der Waals surface area contributed by atoms with E-state index in [2.05, 4.69) is 49.8 Å². The van der Waals surface area contributed by atoms with Crippen LogP contribution in [0.4, 0.5) is 5.82 Å². The van der Waals surface area contributed by atoms with E-state index in [9.17, 15) is 0 Å². The molecule has 1 aromatic rings. The molecule has 1 unspecified atom stereocenters. The van der Waals surface area contributed by atoms with E-state index in [1.165, 1.54) is 6.42 Å². The Morgan fingerprint density at radius 2 is 1.88 bits per heavy atom. The van der Waals surface area contributed by atoms with E-state index in [4.69, 9.17) is 5.73 Å². The van der Waals surface area contributed by atoms with Crippen LogP contribution in [0.3, 0.4) is 0 Å². The molecule has 3 heteroatoms. The van der Waals surface area contributed by atoms with E-state index in [0.717, 1.165) is 11.4 Å². The second-order valence-electron chi connectivity index (χ2n) is 5.33. The van der Waals surface area contributed by atoms with Gasteiger partial charge < -0.3 is 10.6 Å². The Balaban J connectivity index is 2.72. The standard InChI is InChI=1S/C14H25N3/c1-10(2)8-11(3)17(5)14-7-6-13(9-16-14)12(4)15/h6-7,9-12H,8,15H2,1-5H3/t11?,12-/m1/s1. The van der Waals surface area contributed by atoms with Gasteiger partial charge in [-0.25, -0.2) is 4.98 Å². The second kappa shape index (κ2) is 6.01. The Morgan fingerprint density at radius 3 is 2.29 bits per heavy atom.